The summed E-state index contributed by atoms with van der Waals surface area (Å²) < 4.78 is 2.15. The van der Waals surface area contributed by atoms with Crippen molar-refractivity contribution in [3.8, 4) is 11.4 Å². The zero-order valence-electron chi connectivity index (χ0n) is 15.0. The molecule has 7 heteroatoms. The number of aryl methyl sites for hydroxylation is 1. The fourth-order valence-electron chi connectivity index (χ4n) is 3.69. The molecule has 0 aliphatic carbocycles. The van der Waals surface area contributed by atoms with Crippen LogP contribution in [0.3, 0.4) is 0 Å². The summed E-state index contributed by atoms with van der Waals surface area (Å²) in [6.07, 6.45) is 2.84. The van der Waals surface area contributed by atoms with Crippen molar-refractivity contribution < 1.29 is 0 Å². The van der Waals surface area contributed by atoms with E-state index in [4.69, 9.17) is 4.98 Å². The zero-order chi connectivity index (χ0) is 18.4. The topological polar surface area (TPSA) is 66.3 Å². The summed E-state index contributed by atoms with van der Waals surface area (Å²) in [6, 6.07) is 9.80. The van der Waals surface area contributed by atoms with Crippen LogP contribution in [0.2, 0.25) is 0 Å². The predicted molar refractivity (Wildman–Crippen MR) is 106 cm³/mol. The normalized spacial score (nSPS) is 14.6. The van der Waals surface area contributed by atoms with Gasteiger partial charge in [0.25, 0.3) is 5.56 Å². The standard InChI is InChI=1S/C20H19N5OS/c1-13-17(25-9-10-27-20(25)21-13)12-24-8-7-16-15(11-24)19(26)23-18(22-16)14-5-3-2-4-6-14/h2-6,9-10H,7-8,11-12H2,1H3,(H,22,23,26). The van der Waals surface area contributed by atoms with Gasteiger partial charge in [-0.15, -0.1) is 11.3 Å². The van der Waals surface area contributed by atoms with Crippen LogP contribution >= 0.6 is 11.3 Å². The molecule has 0 saturated heterocycles. The van der Waals surface area contributed by atoms with Gasteiger partial charge < -0.3 is 4.98 Å². The Morgan fingerprint density at radius 1 is 1.22 bits per heavy atom. The van der Waals surface area contributed by atoms with Crippen LogP contribution in [0.4, 0.5) is 0 Å². The van der Waals surface area contributed by atoms with Gasteiger partial charge in [-0.3, -0.25) is 14.1 Å². The summed E-state index contributed by atoms with van der Waals surface area (Å²) >= 11 is 1.64. The van der Waals surface area contributed by atoms with Gasteiger partial charge in [-0.1, -0.05) is 30.3 Å². The summed E-state index contributed by atoms with van der Waals surface area (Å²) in [5.74, 6) is 0.652. The van der Waals surface area contributed by atoms with Crippen molar-refractivity contribution in [2.24, 2.45) is 0 Å². The Bertz CT molecular complexity index is 1170. The number of H-pyrrole nitrogens is 1. The lowest BCUT2D eigenvalue weighted by atomic mass is 10.1. The molecular weight excluding hydrogens is 358 g/mol. The summed E-state index contributed by atoms with van der Waals surface area (Å²) in [7, 11) is 0. The molecule has 0 unspecified atom stereocenters. The van der Waals surface area contributed by atoms with E-state index in [-0.39, 0.29) is 5.56 Å². The Kier molecular flexibility index (Phi) is 3.91. The molecule has 1 aliphatic heterocycles. The van der Waals surface area contributed by atoms with Crippen LogP contribution < -0.4 is 5.56 Å². The second-order valence-electron chi connectivity index (χ2n) is 6.87. The van der Waals surface area contributed by atoms with Crippen molar-refractivity contribution in [1.29, 1.82) is 0 Å². The van der Waals surface area contributed by atoms with Gasteiger partial charge in [-0.25, -0.2) is 9.97 Å². The van der Waals surface area contributed by atoms with Crippen molar-refractivity contribution in [3.05, 3.63) is 74.9 Å². The molecule has 0 spiro atoms. The quantitative estimate of drug-likeness (QED) is 0.596. The van der Waals surface area contributed by atoms with Crippen LogP contribution in [0.5, 0.6) is 0 Å². The Labute approximate surface area is 160 Å². The maximum atomic E-state index is 12.7. The van der Waals surface area contributed by atoms with E-state index in [1.807, 2.05) is 37.3 Å². The summed E-state index contributed by atoms with van der Waals surface area (Å²) in [5.41, 5.74) is 4.85. The number of aromatic nitrogens is 4. The second-order valence-corrected chi connectivity index (χ2v) is 7.74. The van der Waals surface area contributed by atoms with Crippen LogP contribution in [-0.4, -0.2) is 30.8 Å². The van der Waals surface area contributed by atoms with Crippen molar-refractivity contribution in [3.63, 3.8) is 0 Å². The van der Waals surface area contributed by atoms with Crippen molar-refractivity contribution in [2.75, 3.05) is 6.54 Å². The Morgan fingerprint density at radius 2 is 2.07 bits per heavy atom. The highest BCUT2D eigenvalue weighted by Crippen LogP contribution is 2.22. The second kappa shape index (κ2) is 6.44. The first kappa shape index (κ1) is 16.4. The van der Waals surface area contributed by atoms with Crippen LogP contribution in [0, 0.1) is 6.92 Å². The van der Waals surface area contributed by atoms with Crippen LogP contribution in [-0.2, 0) is 19.5 Å². The Balaban J connectivity index is 1.44. The fraction of sp³-hybridized carbons (Fsp3) is 0.250. The molecule has 1 aliphatic rings. The molecular formula is C20H19N5OS. The highest BCUT2D eigenvalue weighted by molar-refractivity contribution is 7.15. The number of rotatable bonds is 3. The Hall–Kier alpha value is -2.77. The van der Waals surface area contributed by atoms with Gasteiger partial charge in [0.05, 0.1) is 22.6 Å². The SMILES string of the molecule is Cc1nc2sccn2c1CN1CCc2nc(-c3ccccc3)[nH]c(=O)c2C1. The van der Waals surface area contributed by atoms with E-state index in [1.54, 1.807) is 11.3 Å². The smallest absolute Gasteiger partial charge is 0.255 e. The number of nitrogens with zero attached hydrogens (tertiary/aromatic N) is 4. The third kappa shape index (κ3) is 2.89. The third-order valence-corrected chi connectivity index (χ3v) is 5.89. The molecule has 136 valence electrons. The molecule has 5 rings (SSSR count). The molecule has 0 bridgehead atoms. The van der Waals surface area contributed by atoms with E-state index in [0.717, 1.165) is 47.0 Å². The number of imidazole rings is 1. The minimum absolute atomic E-state index is 0.0331. The molecule has 1 N–H and O–H groups in total. The number of benzene rings is 1. The number of nitrogens with one attached hydrogen (secondary N) is 1. The molecule has 27 heavy (non-hydrogen) atoms. The van der Waals surface area contributed by atoms with E-state index in [2.05, 4.69) is 30.8 Å². The predicted octanol–water partition coefficient (Wildman–Crippen LogP) is 3.01. The summed E-state index contributed by atoms with van der Waals surface area (Å²) in [4.78, 5) is 28.3. The molecule has 1 aromatic carbocycles. The van der Waals surface area contributed by atoms with Gasteiger partial charge in [0.15, 0.2) is 4.96 Å². The van der Waals surface area contributed by atoms with E-state index in [9.17, 15) is 4.79 Å². The van der Waals surface area contributed by atoms with Crippen LogP contribution in [0.25, 0.3) is 16.3 Å². The molecule has 0 saturated carbocycles. The van der Waals surface area contributed by atoms with Crippen molar-refractivity contribution >= 4 is 16.3 Å². The van der Waals surface area contributed by atoms with E-state index in [0.29, 0.717) is 12.4 Å². The minimum Gasteiger partial charge on any atom is -0.306 e. The lowest BCUT2D eigenvalue weighted by Crippen LogP contribution is -2.35. The Morgan fingerprint density at radius 3 is 2.93 bits per heavy atom. The molecule has 4 heterocycles. The number of hydrogen-bond acceptors (Lipinski definition) is 5. The van der Waals surface area contributed by atoms with E-state index in [1.165, 1.54) is 5.69 Å². The van der Waals surface area contributed by atoms with Crippen molar-refractivity contribution in [1.82, 2.24) is 24.3 Å². The monoisotopic (exact) mass is 377 g/mol. The van der Waals surface area contributed by atoms with E-state index < -0.39 is 0 Å². The molecule has 4 aromatic rings. The molecule has 3 aromatic heterocycles. The zero-order valence-corrected chi connectivity index (χ0v) is 15.8. The number of hydrogen-bond donors (Lipinski definition) is 1. The van der Waals surface area contributed by atoms with Crippen LogP contribution in [0.15, 0.2) is 46.7 Å². The summed E-state index contributed by atoms with van der Waals surface area (Å²) in [5, 5.41) is 2.05. The molecule has 0 fully saturated rings. The first-order valence-electron chi connectivity index (χ1n) is 9.00. The number of aromatic amines is 1. The summed E-state index contributed by atoms with van der Waals surface area (Å²) in [6.45, 7) is 4.33. The maximum Gasteiger partial charge on any atom is 0.255 e. The maximum absolute atomic E-state index is 12.7. The number of fused-ring (bicyclic) bond motifs is 2. The van der Waals surface area contributed by atoms with Gasteiger partial charge in [0.2, 0.25) is 0 Å². The van der Waals surface area contributed by atoms with Gasteiger partial charge in [0.1, 0.15) is 5.82 Å². The highest BCUT2D eigenvalue weighted by Gasteiger charge is 2.23. The molecule has 0 atom stereocenters. The average Bonchev–Trinajstić information content (AvgIpc) is 3.25. The lowest BCUT2D eigenvalue weighted by molar-refractivity contribution is 0.238. The lowest BCUT2D eigenvalue weighted by Gasteiger charge is -2.27. The molecule has 6 nitrogen and oxygen atoms in total. The number of thiazole rings is 1. The van der Waals surface area contributed by atoms with Gasteiger partial charge in [0, 0.05) is 43.2 Å². The van der Waals surface area contributed by atoms with Gasteiger partial charge >= 0.3 is 0 Å². The van der Waals surface area contributed by atoms with Gasteiger partial charge in [-0.2, -0.15) is 0 Å². The van der Waals surface area contributed by atoms with E-state index >= 15 is 0 Å². The van der Waals surface area contributed by atoms with Crippen LogP contribution in [0.1, 0.15) is 22.6 Å². The first-order chi connectivity index (χ1) is 13.2. The van der Waals surface area contributed by atoms with Crippen molar-refractivity contribution in [2.45, 2.75) is 26.4 Å². The molecule has 0 amide bonds. The minimum atomic E-state index is -0.0331. The first-order valence-corrected chi connectivity index (χ1v) is 9.88. The third-order valence-electron chi connectivity index (χ3n) is 5.13. The fourth-order valence-corrected chi connectivity index (χ4v) is 4.47. The van der Waals surface area contributed by atoms with Gasteiger partial charge in [-0.05, 0) is 6.92 Å². The average molecular weight is 377 g/mol. The molecule has 0 radical (unpaired) electrons. The largest absolute Gasteiger partial charge is 0.306 e. The highest BCUT2D eigenvalue weighted by atomic mass is 32.1.